The topological polar surface area (TPSA) is 59.4 Å². The molecule has 4 rings (SSSR count). The summed E-state index contributed by atoms with van der Waals surface area (Å²) in [4.78, 5) is 12.6. The Hall–Kier alpha value is -2.74. The molecule has 0 saturated carbocycles. The van der Waals surface area contributed by atoms with Crippen molar-refractivity contribution in [2.75, 3.05) is 7.05 Å². The van der Waals surface area contributed by atoms with Crippen LogP contribution in [0.25, 0.3) is 10.2 Å². The molecule has 0 aliphatic rings. The SMILES string of the molecule is Cc1ccc(CN(C)S(=O)(=O)c2ccc3c(c2)sc(=O)n3Cc2ccccc2)cc1. The number of hydrogen-bond acceptors (Lipinski definition) is 4. The molecular weight excluding hydrogens is 416 g/mol. The molecule has 0 atom stereocenters. The molecule has 0 fully saturated rings. The normalized spacial score (nSPS) is 12.0. The molecule has 0 N–H and O–H groups in total. The van der Waals surface area contributed by atoms with E-state index in [0.717, 1.165) is 33.5 Å². The zero-order valence-electron chi connectivity index (χ0n) is 16.8. The standard InChI is InChI=1S/C23H22N2O3S2/c1-17-8-10-19(11-9-17)15-24(2)30(27,28)20-12-13-21-22(14-20)29-23(26)25(21)16-18-6-4-3-5-7-18/h3-14H,15-16H2,1-2H3. The highest BCUT2D eigenvalue weighted by atomic mass is 32.2. The smallest absolute Gasteiger partial charge is 0.294 e. The minimum Gasteiger partial charge on any atom is -0.294 e. The van der Waals surface area contributed by atoms with Crippen LogP contribution in [0.5, 0.6) is 0 Å². The Balaban J connectivity index is 1.64. The van der Waals surface area contributed by atoms with Gasteiger partial charge in [-0.2, -0.15) is 4.31 Å². The molecule has 5 nitrogen and oxygen atoms in total. The minimum atomic E-state index is -3.67. The Morgan fingerprint density at radius 2 is 1.63 bits per heavy atom. The molecule has 0 bridgehead atoms. The molecule has 4 aromatic rings. The fraction of sp³-hybridized carbons (Fsp3) is 0.174. The summed E-state index contributed by atoms with van der Waals surface area (Å²) < 4.78 is 29.8. The first kappa shape index (κ1) is 20.5. The second-order valence-electron chi connectivity index (χ2n) is 7.32. The molecule has 0 unspecified atom stereocenters. The maximum atomic E-state index is 13.1. The highest BCUT2D eigenvalue weighted by Crippen LogP contribution is 2.25. The number of thiazole rings is 1. The molecule has 7 heteroatoms. The van der Waals surface area contributed by atoms with Crippen LogP contribution in [0.4, 0.5) is 0 Å². The number of aryl methyl sites for hydroxylation is 1. The van der Waals surface area contributed by atoms with Crippen LogP contribution in [0.3, 0.4) is 0 Å². The second kappa shape index (κ2) is 8.18. The summed E-state index contributed by atoms with van der Waals surface area (Å²) >= 11 is 1.07. The van der Waals surface area contributed by atoms with Gasteiger partial charge in [0.1, 0.15) is 0 Å². The molecular formula is C23H22N2O3S2. The quantitative estimate of drug-likeness (QED) is 0.452. The molecule has 0 spiro atoms. The van der Waals surface area contributed by atoms with Gasteiger partial charge in [-0.05, 0) is 36.2 Å². The summed E-state index contributed by atoms with van der Waals surface area (Å²) in [5, 5.41) is 0. The van der Waals surface area contributed by atoms with Gasteiger partial charge in [-0.15, -0.1) is 0 Å². The molecule has 0 aliphatic heterocycles. The fourth-order valence-electron chi connectivity index (χ4n) is 3.34. The maximum Gasteiger partial charge on any atom is 0.308 e. The fourth-order valence-corrected chi connectivity index (χ4v) is 5.53. The van der Waals surface area contributed by atoms with Gasteiger partial charge >= 0.3 is 4.87 Å². The predicted molar refractivity (Wildman–Crippen MR) is 121 cm³/mol. The number of aromatic nitrogens is 1. The lowest BCUT2D eigenvalue weighted by atomic mass is 10.1. The molecule has 0 saturated heterocycles. The van der Waals surface area contributed by atoms with Crippen molar-refractivity contribution in [2.45, 2.75) is 24.9 Å². The third-order valence-electron chi connectivity index (χ3n) is 5.06. The van der Waals surface area contributed by atoms with Gasteiger partial charge < -0.3 is 0 Å². The van der Waals surface area contributed by atoms with E-state index in [1.54, 1.807) is 29.8 Å². The summed E-state index contributed by atoms with van der Waals surface area (Å²) in [6.07, 6.45) is 0. The van der Waals surface area contributed by atoms with Crippen molar-refractivity contribution in [2.24, 2.45) is 0 Å². The number of fused-ring (bicyclic) bond motifs is 1. The van der Waals surface area contributed by atoms with E-state index in [1.807, 2.05) is 61.5 Å². The van der Waals surface area contributed by atoms with E-state index < -0.39 is 10.0 Å². The van der Waals surface area contributed by atoms with E-state index in [-0.39, 0.29) is 16.3 Å². The van der Waals surface area contributed by atoms with Gasteiger partial charge in [0.15, 0.2) is 0 Å². The van der Waals surface area contributed by atoms with Crippen molar-refractivity contribution in [3.8, 4) is 0 Å². The molecule has 1 heterocycles. The Morgan fingerprint density at radius 3 is 2.33 bits per heavy atom. The van der Waals surface area contributed by atoms with Gasteiger partial charge in [-0.25, -0.2) is 8.42 Å². The third kappa shape index (κ3) is 4.09. The van der Waals surface area contributed by atoms with Crippen molar-refractivity contribution < 1.29 is 8.42 Å². The van der Waals surface area contributed by atoms with Gasteiger partial charge in [-0.3, -0.25) is 9.36 Å². The van der Waals surface area contributed by atoms with E-state index in [1.165, 1.54) is 4.31 Å². The number of rotatable bonds is 6. The molecule has 154 valence electrons. The van der Waals surface area contributed by atoms with E-state index in [9.17, 15) is 13.2 Å². The van der Waals surface area contributed by atoms with E-state index >= 15 is 0 Å². The predicted octanol–water partition coefficient (Wildman–Crippen LogP) is 4.24. The summed E-state index contributed by atoms with van der Waals surface area (Å²) in [6.45, 7) is 2.74. The number of sulfonamides is 1. The largest absolute Gasteiger partial charge is 0.308 e. The zero-order valence-corrected chi connectivity index (χ0v) is 18.4. The van der Waals surface area contributed by atoms with Crippen molar-refractivity contribution in [3.05, 3.63) is 99.2 Å². The highest BCUT2D eigenvalue weighted by Gasteiger charge is 2.22. The number of hydrogen-bond donors (Lipinski definition) is 0. The van der Waals surface area contributed by atoms with Crippen molar-refractivity contribution in [1.82, 2.24) is 8.87 Å². The lowest BCUT2D eigenvalue weighted by Crippen LogP contribution is -2.26. The van der Waals surface area contributed by atoms with Crippen LogP contribution in [0.2, 0.25) is 0 Å². The Bertz CT molecular complexity index is 1340. The van der Waals surface area contributed by atoms with Gasteiger partial charge in [0.2, 0.25) is 10.0 Å². The van der Waals surface area contributed by atoms with Crippen LogP contribution in [-0.2, 0) is 23.1 Å². The lowest BCUT2D eigenvalue weighted by Gasteiger charge is -2.17. The Kier molecular flexibility index (Phi) is 5.60. The van der Waals surface area contributed by atoms with Crippen LogP contribution < -0.4 is 4.87 Å². The van der Waals surface area contributed by atoms with E-state index in [2.05, 4.69) is 0 Å². The minimum absolute atomic E-state index is 0.101. The summed E-state index contributed by atoms with van der Waals surface area (Å²) in [5.74, 6) is 0. The Morgan fingerprint density at radius 1 is 0.933 bits per heavy atom. The third-order valence-corrected chi connectivity index (χ3v) is 7.80. The van der Waals surface area contributed by atoms with E-state index in [0.29, 0.717) is 11.2 Å². The van der Waals surface area contributed by atoms with Crippen LogP contribution in [0.1, 0.15) is 16.7 Å². The van der Waals surface area contributed by atoms with Gasteiger partial charge in [0.05, 0.1) is 21.7 Å². The summed E-state index contributed by atoms with van der Waals surface area (Å²) in [5.41, 5.74) is 3.82. The zero-order chi connectivity index (χ0) is 21.3. The maximum absolute atomic E-state index is 13.1. The molecule has 3 aromatic carbocycles. The molecule has 30 heavy (non-hydrogen) atoms. The first-order valence-electron chi connectivity index (χ1n) is 9.54. The molecule has 0 radical (unpaired) electrons. The lowest BCUT2D eigenvalue weighted by molar-refractivity contribution is 0.467. The van der Waals surface area contributed by atoms with Crippen molar-refractivity contribution in [1.29, 1.82) is 0 Å². The van der Waals surface area contributed by atoms with Gasteiger partial charge in [-0.1, -0.05) is 71.5 Å². The first-order chi connectivity index (χ1) is 14.3. The molecule has 0 aliphatic carbocycles. The van der Waals surface area contributed by atoms with Crippen LogP contribution in [0.15, 0.2) is 82.5 Å². The second-order valence-corrected chi connectivity index (χ2v) is 10.4. The van der Waals surface area contributed by atoms with Crippen LogP contribution in [-0.4, -0.2) is 24.3 Å². The average Bonchev–Trinajstić information content (AvgIpc) is 3.05. The Labute approximate surface area is 179 Å². The summed E-state index contributed by atoms with van der Waals surface area (Å²) in [6, 6.07) is 22.4. The van der Waals surface area contributed by atoms with Gasteiger partial charge in [0, 0.05) is 13.6 Å². The van der Waals surface area contributed by atoms with Crippen LogP contribution in [0, 0.1) is 6.92 Å². The van der Waals surface area contributed by atoms with Crippen LogP contribution >= 0.6 is 11.3 Å². The highest BCUT2D eigenvalue weighted by molar-refractivity contribution is 7.89. The van der Waals surface area contributed by atoms with Crippen molar-refractivity contribution >= 4 is 31.6 Å². The van der Waals surface area contributed by atoms with Gasteiger partial charge in [0.25, 0.3) is 0 Å². The van der Waals surface area contributed by atoms with E-state index in [4.69, 9.17) is 0 Å². The van der Waals surface area contributed by atoms with Crippen molar-refractivity contribution in [3.63, 3.8) is 0 Å². The number of nitrogens with zero attached hydrogens (tertiary/aromatic N) is 2. The molecule has 0 amide bonds. The summed E-state index contributed by atoms with van der Waals surface area (Å²) in [7, 11) is -2.10. The molecule has 1 aromatic heterocycles. The monoisotopic (exact) mass is 438 g/mol. The average molecular weight is 439 g/mol. The number of benzene rings is 3. The first-order valence-corrected chi connectivity index (χ1v) is 11.8.